The number of benzene rings is 2. The van der Waals surface area contributed by atoms with Crippen molar-refractivity contribution in [2.24, 2.45) is 0 Å². The number of phenolic OH excluding ortho intramolecular Hbond substituents is 1. The fraction of sp³-hybridized carbons (Fsp3) is 0.381. The number of aromatic hydroxyl groups is 1. The molecule has 1 aliphatic rings. The van der Waals surface area contributed by atoms with Crippen LogP contribution in [0.1, 0.15) is 6.42 Å². The SMILES string of the molecule is COc1ccc(N2CCN(C(=O)CCOc3ccc(O)cc3)CC2)cc1OC. The van der Waals surface area contributed by atoms with Crippen LogP contribution in [0.25, 0.3) is 0 Å². The minimum Gasteiger partial charge on any atom is -0.508 e. The third-order valence-corrected chi connectivity index (χ3v) is 4.79. The molecule has 1 N–H and O–H groups in total. The normalized spacial score (nSPS) is 13.9. The molecule has 2 aromatic carbocycles. The fourth-order valence-electron chi connectivity index (χ4n) is 3.19. The monoisotopic (exact) mass is 386 g/mol. The smallest absolute Gasteiger partial charge is 0.226 e. The zero-order valence-electron chi connectivity index (χ0n) is 16.3. The minimum absolute atomic E-state index is 0.0886. The quantitative estimate of drug-likeness (QED) is 0.789. The van der Waals surface area contributed by atoms with Crippen LogP contribution in [0.4, 0.5) is 5.69 Å². The molecule has 0 radical (unpaired) electrons. The first kappa shape index (κ1) is 19.7. The van der Waals surface area contributed by atoms with Crippen LogP contribution in [-0.4, -0.2) is 62.9 Å². The Morgan fingerprint density at radius 1 is 0.964 bits per heavy atom. The summed E-state index contributed by atoms with van der Waals surface area (Å²) in [5, 5.41) is 9.27. The minimum atomic E-state index is 0.0886. The molecule has 0 atom stereocenters. The molecule has 0 aliphatic carbocycles. The van der Waals surface area contributed by atoms with Crippen molar-refractivity contribution in [1.82, 2.24) is 4.90 Å². The second kappa shape index (κ2) is 9.21. The standard InChI is InChI=1S/C21H26N2O5/c1-26-19-8-3-16(15-20(19)27-2)22-10-12-23(13-11-22)21(25)9-14-28-18-6-4-17(24)5-7-18/h3-8,15,24H,9-14H2,1-2H3. The molecule has 1 heterocycles. The number of nitrogens with zero attached hydrogens (tertiary/aromatic N) is 2. The zero-order valence-corrected chi connectivity index (χ0v) is 16.3. The van der Waals surface area contributed by atoms with Crippen molar-refractivity contribution in [1.29, 1.82) is 0 Å². The van der Waals surface area contributed by atoms with Gasteiger partial charge in [-0.15, -0.1) is 0 Å². The second-order valence-corrected chi connectivity index (χ2v) is 6.50. The Morgan fingerprint density at radius 3 is 2.29 bits per heavy atom. The molecule has 1 aliphatic heterocycles. The van der Waals surface area contributed by atoms with Crippen LogP contribution >= 0.6 is 0 Å². The van der Waals surface area contributed by atoms with E-state index in [4.69, 9.17) is 14.2 Å². The average molecular weight is 386 g/mol. The summed E-state index contributed by atoms with van der Waals surface area (Å²) in [7, 11) is 3.24. The molecule has 150 valence electrons. The van der Waals surface area contributed by atoms with Crippen molar-refractivity contribution in [2.75, 3.05) is 51.9 Å². The van der Waals surface area contributed by atoms with E-state index in [0.717, 1.165) is 18.8 Å². The first-order chi connectivity index (χ1) is 13.6. The Bertz CT molecular complexity index is 786. The van der Waals surface area contributed by atoms with Gasteiger partial charge in [-0.2, -0.15) is 0 Å². The number of rotatable bonds is 7. The number of amides is 1. The molecule has 1 fully saturated rings. The number of phenols is 1. The number of ether oxygens (including phenoxy) is 3. The summed E-state index contributed by atoms with van der Waals surface area (Å²) >= 11 is 0. The van der Waals surface area contributed by atoms with Crippen molar-refractivity contribution in [2.45, 2.75) is 6.42 Å². The Hall–Kier alpha value is -3.09. The molecule has 7 nitrogen and oxygen atoms in total. The molecule has 0 saturated carbocycles. The number of carbonyl (C=O) groups excluding carboxylic acids is 1. The highest BCUT2D eigenvalue weighted by atomic mass is 16.5. The molecule has 7 heteroatoms. The lowest BCUT2D eigenvalue weighted by molar-refractivity contribution is -0.132. The van der Waals surface area contributed by atoms with E-state index in [-0.39, 0.29) is 11.7 Å². The van der Waals surface area contributed by atoms with Crippen LogP contribution in [0.15, 0.2) is 42.5 Å². The molecule has 0 spiro atoms. The molecule has 0 unspecified atom stereocenters. The van der Waals surface area contributed by atoms with Gasteiger partial charge in [0.05, 0.1) is 27.2 Å². The number of hydrogen-bond acceptors (Lipinski definition) is 6. The third kappa shape index (κ3) is 4.79. The summed E-state index contributed by atoms with van der Waals surface area (Å²) in [5.41, 5.74) is 1.06. The Morgan fingerprint density at radius 2 is 1.64 bits per heavy atom. The number of carbonyl (C=O) groups is 1. The lowest BCUT2D eigenvalue weighted by Gasteiger charge is -2.36. The van der Waals surface area contributed by atoms with Gasteiger partial charge in [0.15, 0.2) is 11.5 Å². The van der Waals surface area contributed by atoms with E-state index in [1.165, 1.54) is 0 Å². The van der Waals surface area contributed by atoms with Crippen LogP contribution < -0.4 is 19.1 Å². The molecule has 0 aromatic heterocycles. The molecule has 1 saturated heterocycles. The van der Waals surface area contributed by atoms with Gasteiger partial charge in [0.1, 0.15) is 11.5 Å². The van der Waals surface area contributed by atoms with Crippen LogP contribution in [0.3, 0.4) is 0 Å². The van der Waals surface area contributed by atoms with Crippen molar-refractivity contribution in [3.63, 3.8) is 0 Å². The predicted molar refractivity (Wildman–Crippen MR) is 107 cm³/mol. The molecule has 28 heavy (non-hydrogen) atoms. The van der Waals surface area contributed by atoms with Crippen LogP contribution in [-0.2, 0) is 4.79 Å². The van der Waals surface area contributed by atoms with Crippen molar-refractivity contribution in [3.8, 4) is 23.0 Å². The van der Waals surface area contributed by atoms with E-state index in [1.54, 1.807) is 38.5 Å². The summed E-state index contributed by atoms with van der Waals surface area (Å²) in [4.78, 5) is 16.5. The third-order valence-electron chi connectivity index (χ3n) is 4.79. The Balaban J connectivity index is 1.46. The highest BCUT2D eigenvalue weighted by Crippen LogP contribution is 2.31. The zero-order chi connectivity index (χ0) is 19.9. The Kier molecular flexibility index (Phi) is 6.47. The summed E-state index contributed by atoms with van der Waals surface area (Å²) in [6, 6.07) is 12.3. The molecule has 2 aromatic rings. The summed E-state index contributed by atoms with van der Waals surface area (Å²) in [6.45, 7) is 3.19. The van der Waals surface area contributed by atoms with Gasteiger partial charge in [-0.3, -0.25) is 4.79 Å². The average Bonchev–Trinajstić information content (AvgIpc) is 2.74. The van der Waals surface area contributed by atoms with Crippen molar-refractivity contribution >= 4 is 11.6 Å². The van der Waals surface area contributed by atoms with Crippen LogP contribution in [0, 0.1) is 0 Å². The number of hydrogen-bond donors (Lipinski definition) is 1. The predicted octanol–water partition coefficient (Wildman–Crippen LogP) is 2.53. The van der Waals surface area contributed by atoms with Gasteiger partial charge < -0.3 is 29.1 Å². The van der Waals surface area contributed by atoms with Gasteiger partial charge in [-0.05, 0) is 36.4 Å². The van der Waals surface area contributed by atoms with Crippen LogP contribution in [0.5, 0.6) is 23.0 Å². The van der Waals surface area contributed by atoms with Crippen LogP contribution in [0.2, 0.25) is 0 Å². The first-order valence-electron chi connectivity index (χ1n) is 9.27. The van der Waals surface area contributed by atoms with Gasteiger partial charge in [0, 0.05) is 37.9 Å². The highest BCUT2D eigenvalue weighted by Gasteiger charge is 2.22. The maximum Gasteiger partial charge on any atom is 0.226 e. The summed E-state index contributed by atoms with van der Waals surface area (Å²) in [6.07, 6.45) is 0.331. The topological polar surface area (TPSA) is 71.5 Å². The summed E-state index contributed by atoms with van der Waals surface area (Å²) < 4.78 is 16.2. The molecule has 3 rings (SSSR count). The van der Waals surface area contributed by atoms with E-state index < -0.39 is 0 Å². The second-order valence-electron chi connectivity index (χ2n) is 6.50. The number of methoxy groups -OCH3 is 2. The Labute approximate surface area is 165 Å². The van der Waals surface area contributed by atoms with Gasteiger partial charge >= 0.3 is 0 Å². The van der Waals surface area contributed by atoms with Gasteiger partial charge in [0.2, 0.25) is 5.91 Å². The van der Waals surface area contributed by atoms with E-state index in [1.807, 2.05) is 23.1 Å². The first-order valence-corrected chi connectivity index (χ1v) is 9.27. The maximum atomic E-state index is 12.4. The molecular formula is C21H26N2O5. The lowest BCUT2D eigenvalue weighted by atomic mass is 10.2. The molecule has 0 bridgehead atoms. The van der Waals surface area contributed by atoms with Crippen molar-refractivity contribution in [3.05, 3.63) is 42.5 Å². The van der Waals surface area contributed by atoms with E-state index >= 15 is 0 Å². The fourth-order valence-corrected chi connectivity index (χ4v) is 3.19. The largest absolute Gasteiger partial charge is 0.508 e. The molecular weight excluding hydrogens is 360 g/mol. The highest BCUT2D eigenvalue weighted by molar-refractivity contribution is 5.76. The molecule has 1 amide bonds. The summed E-state index contributed by atoms with van der Waals surface area (Å²) in [5.74, 6) is 2.32. The lowest BCUT2D eigenvalue weighted by Crippen LogP contribution is -2.49. The van der Waals surface area contributed by atoms with Gasteiger partial charge in [-0.25, -0.2) is 0 Å². The van der Waals surface area contributed by atoms with Gasteiger partial charge in [0.25, 0.3) is 0 Å². The maximum absolute atomic E-state index is 12.4. The van der Waals surface area contributed by atoms with E-state index in [2.05, 4.69) is 4.90 Å². The number of piperazine rings is 1. The van der Waals surface area contributed by atoms with E-state index in [9.17, 15) is 9.90 Å². The number of anilines is 1. The van der Waals surface area contributed by atoms with Gasteiger partial charge in [-0.1, -0.05) is 0 Å². The van der Waals surface area contributed by atoms with Crippen molar-refractivity contribution < 1.29 is 24.1 Å². The van der Waals surface area contributed by atoms with E-state index in [0.29, 0.717) is 43.4 Å².